The highest BCUT2D eigenvalue weighted by molar-refractivity contribution is 7.91. The molecule has 2 aromatic carbocycles. The molecule has 0 aliphatic rings. The SMILES string of the molecule is O=C(NN(C(=O)c1ccccc1)S(=O)(=O)c1cccs1)c1ccccc1. The largest absolute Gasteiger partial charge is 0.294 e. The van der Waals surface area contributed by atoms with Crippen molar-refractivity contribution in [1.82, 2.24) is 9.84 Å². The lowest BCUT2D eigenvalue weighted by Gasteiger charge is -2.22. The second-order valence-electron chi connectivity index (χ2n) is 5.18. The Balaban J connectivity index is 1.99. The Bertz CT molecular complexity index is 1000. The molecule has 6 nitrogen and oxygen atoms in total. The van der Waals surface area contributed by atoms with Gasteiger partial charge in [-0.3, -0.25) is 9.59 Å². The van der Waals surface area contributed by atoms with Crippen LogP contribution in [-0.2, 0) is 10.0 Å². The van der Waals surface area contributed by atoms with E-state index in [2.05, 4.69) is 5.43 Å². The number of carbonyl (C=O) groups excluding carboxylic acids is 2. The van der Waals surface area contributed by atoms with Crippen LogP contribution in [0.25, 0.3) is 0 Å². The molecule has 0 saturated heterocycles. The molecule has 0 unspecified atom stereocenters. The van der Waals surface area contributed by atoms with Gasteiger partial charge in [-0.1, -0.05) is 42.5 Å². The topological polar surface area (TPSA) is 83.6 Å². The minimum Gasteiger partial charge on any atom is -0.267 e. The second kappa shape index (κ2) is 7.51. The molecular formula is C18H14N2O4S2. The molecule has 0 bridgehead atoms. The average molecular weight is 386 g/mol. The van der Waals surface area contributed by atoms with Crippen molar-refractivity contribution < 1.29 is 18.0 Å². The maximum atomic E-state index is 12.9. The van der Waals surface area contributed by atoms with Crippen molar-refractivity contribution in [3.63, 3.8) is 0 Å². The molecule has 132 valence electrons. The van der Waals surface area contributed by atoms with Gasteiger partial charge in [0.1, 0.15) is 4.21 Å². The van der Waals surface area contributed by atoms with E-state index < -0.39 is 21.8 Å². The highest BCUT2D eigenvalue weighted by Crippen LogP contribution is 2.21. The summed E-state index contributed by atoms with van der Waals surface area (Å²) in [6, 6.07) is 18.9. The summed E-state index contributed by atoms with van der Waals surface area (Å²) < 4.78 is 26.1. The first kappa shape index (κ1) is 17.8. The number of rotatable bonds is 4. The van der Waals surface area contributed by atoms with E-state index in [0.717, 1.165) is 11.3 Å². The zero-order chi connectivity index (χ0) is 18.6. The summed E-state index contributed by atoms with van der Waals surface area (Å²) in [5.41, 5.74) is 2.60. The number of benzene rings is 2. The van der Waals surface area contributed by atoms with Gasteiger partial charge >= 0.3 is 0 Å². The van der Waals surface area contributed by atoms with Crippen LogP contribution in [0.3, 0.4) is 0 Å². The van der Waals surface area contributed by atoms with Crippen molar-refractivity contribution in [2.75, 3.05) is 0 Å². The highest BCUT2D eigenvalue weighted by Gasteiger charge is 2.33. The third kappa shape index (κ3) is 3.66. The summed E-state index contributed by atoms with van der Waals surface area (Å²) in [5, 5.41) is 1.58. The van der Waals surface area contributed by atoms with Gasteiger partial charge in [-0.2, -0.15) is 8.42 Å². The number of hydrogen-bond acceptors (Lipinski definition) is 5. The molecular weight excluding hydrogens is 372 g/mol. The predicted octanol–water partition coefficient (Wildman–Crippen LogP) is 2.92. The molecule has 0 spiro atoms. The van der Waals surface area contributed by atoms with E-state index in [9.17, 15) is 18.0 Å². The Labute approximate surface area is 154 Å². The molecule has 3 aromatic rings. The average Bonchev–Trinajstić information content (AvgIpc) is 3.22. The first-order valence-electron chi connectivity index (χ1n) is 7.54. The molecule has 0 atom stereocenters. The smallest absolute Gasteiger partial charge is 0.267 e. The number of hydrazine groups is 1. The Hall–Kier alpha value is -2.97. The molecule has 1 heterocycles. The predicted molar refractivity (Wildman–Crippen MR) is 98.0 cm³/mol. The molecule has 0 radical (unpaired) electrons. The number of nitrogens with zero attached hydrogens (tertiary/aromatic N) is 1. The summed E-state index contributed by atoms with van der Waals surface area (Å²) in [6.07, 6.45) is 0. The first-order chi connectivity index (χ1) is 12.5. The molecule has 8 heteroatoms. The zero-order valence-corrected chi connectivity index (χ0v) is 15.0. The number of thiophene rings is 1. The van der Waals surface area contributed by atoms with Crippen molar-refractivity contribution in [3.8, 4) is 0 Å². The van der Waals surface area contributed by atoms with Gasteiger partial charge in [0.05, 0.1) is 0 Å². The molecule has 1 N–H and O–H groups in total. The molecule has 3 rings (SSSR count). The lowest BCUT2D eigenvalue weighted by Crippen LogP contribution is -2.49. The summed E-state index contributed by atoms with van der Waals surface area (Å²) in [7, 11) is -4.24. The fourth-order valence-electron chi connectivity index (χ4n) is 2.16. The van der Waals surface area contributed by atoms with Gasteiger partial charge in [-0.25, -0.2) is 5.43 Å². The van der Waals surface area contributed by atoms with Gasteiger partial charge in [0.15, 0.2) is 0 Å². The number of sulfonamides is 1. The third-order valence-electron chi connectivity index (χ3n) is 3.43. The van der Waals surface area contributed by atoms with Crippen molar-refractivity contribution in [1.29, 1.82) is 0 Å². The standard InChI is InChI=1S/C18H14N2O4S2/c21-17(14-8-3-1-4-9-14)19-20(18(22)15-10-5-2-6-11-15)26(23,24)16-12-7-13-25-16/h1-13H,(H,19,21). The third-order valence-corrected chi connectivity index (χ3v) is 6.40. The molecule has 0 aliphatic carbocycles. The number of hydrogen-bond donors (Lipinski definition) is 1. The fourth-order valence-corrected chi connectivity index (χ4v) is 4.45. The first-order valence-corrected chi connectivity index (χ1v) is 9.86. The van der Waals surface area contributed by atoms with Gasteiger partial charge in [0, 0.05) is 11.1 Å². The highest BCUT2D eigenvalue weighted by atomic mass is 32.2. The van der Waals surface area contributed by atoms with E-state index in [4.69, 9.17) is 0 Å². The van der Waals surface area contributed by atoms with Crippen LogP contribution in [0.1, 0.15) is 20.7 Å². The van der Waals surface area contributed by atoms with Crippen LogP contribution >= 0.6 is 11.3 Å². The van der Waals surface area contributed by atoms with Crippen LogP contribution in [0.4, 0.5) is 0 Å². The lowest BCUT2D eigenvalue weighted by molar-refractivity contribution is 0.0725. The maximum Gasteiger partial charge on any atom is 0.294 e. The maximum absolute atomic E-state index is 12.9. The molecule has 0 fully saturated rings. The van der Waals surface area contributed by atoms with Crippen LogP contribution in [0.2, 0.25) is 0 Å². The Morgan fingerprint density at radius 1 is 0.808 bits per heavy atom. The summed E-state index contributed by atoms with van der Waals surface area (Å²) in [5.74, 6) is -1.54. The van der Waals surface area contributed by atoms with Crippen LogP contribution < -0.4 is 5.43 Å². The van der Waals surface area contributed by atoms with E-state index in [0.29, 0.717) is 4.41 Å². The number of carbonyl (C=O) groups is 2. The van der Waals surface area contributed by atoms with Gasteiger partial charge in [0.25, 0.3) is 21.8 Å². The van der Waals surface area contributed by atoms with E-state index in [1.165, 1.54) is 30.3 Å². The molecule has 2 amide bonds. The van der Waals surface area contributed by atoms with Crippen molar-refractivity contribution in [3.05, 3.63) is 89.3 Å². The van der Waals surface area contributed by atoms with Crippen molar-refractivity contribution in [2.24, 2.45) is 0 Å². The van der Waals surface area contributed by atoms with Gasteiger partial charge in [-0.15, -0.1) is 15.8 Å². The van der Waals surface area contributed by atoms with Crippen LogP contribution in [0.5, 0.6) is 0 Å². The molecule has 26 heavy (non-hydrogen) atoms. The van der Waals surface area contributed by atoms with Gasteiger partial charge in [-0.05, 0) is 35.7 Å². The monoisotopic (exact) mass is 386 g/mol. The minimum absolute atomic E-state index is 0.0462. The van der Waals surface area contributed by atoms with E-state index in [1.54, 1.807) is 47.8 Å². The van der Waals surface area contributed by atoms with E-state index in [-0.39, 0.29) is 15.3 Å². The number of amides is 2. The molecule has 0 saturated carbocycles. The van der Waals surface area contributed by atoms with E-state index in [1.807, 2.05) is 0 Å². The molecule has 1 aromatic heterocycles. The Morgan fingerprint density at radius 2 is 1.38 bits per heavy atom. The summed E-state index contributed by atoms with van der Waals surface area (Å²) in [4.78, 5) is 25.2. The van der Waals surface area contributed by atoms with Gasteiger partial charge in [0.2, 0.25) is 0 Å². The van der Waals surface area contributed by atoms with Crippen molar-refractivity contribution in [2.45, 2.75) is 4.21 Å². The minimum atomic E-state index is -4.24. The summed E-state index contributed by atoms with van der Waals surface area (Å²) >= 11 is 0.961. The normalized spacial score (nSPS) is 10.9. The Morgan fingerprint density at radius 3 is 1.92 bits per heavy atom. The zero-order valence-electron chi connectivity index (χ0n) is 13.4. The molecule has 0 aliphatic heterocycles. The summed E-state index contributed by atoms with van der Waals surface area (Å²) in [6.45, 7) is 0. The van der Waals surface area contributed by atoms with Crippen LogP contribution in [0, 0.1) is 0 Å². The van der Waals surface area contributed by atoms with Crippen molar-refractivity contribution >= 4 is 33.2 Å². The van der Waals surface area contributed by atoms with Gasteiger partial charge < -0.3 is 0 Å². The second-order valence-corrected chi connectivity index (χ2v) is 8.14. The van der Waals surface area contributed by atoms with Crippen LogP contribution in [-0.4, -0.2) is 24.6 Å². The quantitative estimate of drug-likeness (QED) is 0.699. The number of nitrogens with one attached hydrogen (secondary N) is 1. The lowest BCUT2D eigenvalue weighted by atomic mass is 10.2. The van der Waals surface area contributed by atoms with E-state index >= 15 is 0 Å². The Kier molecular flexibility index (Phi) is 5.15. The van der Waals surface area contributed by atoms with Crippen LogP contribution in [0.15, 0.2) is 82.4 Å². The fraction of sp³-hybridized carbons (Fsp3) is 0.